The molecule has 0 fully saturated rings. The van der Waals surface area contributed by atoms with Gasteiger partial charge in [-0.15, -0.1) is 0 Å². The van der Waals surface area contributed by atoms with Gasteiger partial charge in [-0.05, 0) is 31.8 Å². The van der Waals surface area contributed by atoms with Crippen molar-refractivity contribution in [3.05, 3.63) is 29.3 Å². The number of nitrogens with zero attached hydrogens (tertiary/aromatic N) is 1. The van der Waals surface area contributed by atoms with E-state index in [4.69, 9.17) is 5.14 Å². The maximum Gasteiger partial charge on any atom is 0.339 e. The molecule has 0 bridgehead atoms. The average Bonchev–Trinajstić information content (AvgIpc) is 2.25. The fourth-order valence-electron chi connectivity index (χ4n) is 1.56. The highest BCUT2D eigenvalue weighted by Crippen LogP contribution is 2.18. The Morgan fingerprint density at radius 2 is 2.00 bits per heavy atom. The topological polar surface area (TPSA) is 89.7 Å². The maximum absolute atomic E-state index is 11.6. The molecule has 0 aromatic heterocycles. The van der Waals surface area contributed by atoms with Crippen LogP contribution in [0, 0.1) is 0 Å². The highest BCUT2D eigenvalue weighted by molar-refractivity contribution is 7.89. The Morgan fingerprint density at radius 3 is 2.44 bits per heavy atom. The van der Waals surface area contributed by atoms with Crippen molar-refractivity contribution in [2.75, 3.05) is 21.2 Å². The molecule has 0 amide bonds. The van der Waals surface area contributed by atoms with Crippen LogP contribution in [-0.4, -0.2) is 40.5 Å². The van der Waals surface area contributed by atoms with Crippen LogP contribution in [-0.2, 0) is 21.3 Å². The summed E-state index contributed by atoms with van der Waals surface area (Å²) in [6.07, 6.45) is 0. The number of methoxy groups -OCH3 is 1. The van der Waals surface area contributed by atoms with Crippen LogP contribution in [0.15, 0.2) is 23.1 Å². The summed E-state index contributed by atoms with van der Waals surface area (Å²) in [7, 11) is 0.973. The Balaban J connectivity index is 3.34. The summed E-state index contributed by atoms with van der Waals surface area (Å²) in [5.41, 5.74) is 0.757. The molecular weight excluding hydrogens is 256 g/mol. The van der Waals surface area contributed by atoms with Gasteiger partial charge in [0.05, 0.1) is 17.6 Å². The first-order valence-corrected chi connectivity index (χ1v) is 6.69. The highest BCUT2D eigenvalue weighted by atomic mass is 32.2. The van der Waals surface area contributed by atoms with E-state index in [9.17, 15) is 13.2 Å². The predicted molar refractivity (Wildman–Crippen MR) is 66.5 cm³/mol. The number of primary sulfonamides is 1. The normalized spacial score (nSPS) is 11.6. The van der Waals surface area contributed by atoms with E-state index in [-0.39, 0.29) is 10.5 Å². The molecule has 0 saturated heterocycles. The van der Waals surface area contributed by atoms with Gasteiger partial charge in [-0.25, -0.2) is 18.4 Å². The van der Waals surface area contributed by atoms with Gasteiger partial charge in [0, 0.05) is 6.54 Å². The van der Waals surface area contributed by atoms with Gasteiger partial charge in [-0.2, -0.15) is 0 Å². The molecule has 0 unspecified atom stereocenters. The van der Waals surface area contributed by atoms with E-state index in [1.54, 1.807) is 6.07 Å². The monoisotopic (exact) mass is 272 g/mol. The third-order valence-corrected chi connectivity index (χ3v) is 3.22. The first-order valence-electron chi connectivity index (χ1n) is 5.14. The van der Waals surface area contributed by atoms with Crippen LogP contribution in [0.5, 0.6) is 0 Å². The SMILES string of the molecule is COC(=O)c1cc(CN(C)C)ccc1S(N)(=O)=O. The first kappa shape index (κ1) is 14.6. The molecule has 1 rings (SSSR count). The van der Waals surface area contributed by atoms with Gasteiger partial charge >= 0.3 is 5.97 Å². The number of hydrogen-bond acceptors (Lipinski definition) is 5. The third-order valence-electron chi connectivity index (χ3n) is 2.25. The lowest BCUT2D eigenvalue weighted by atomic mass is 10.1. The van der Waals surface area contributed by atoms with Crippen LogP contribution >= 0.6 is 0 Å². The van der Waals surface area contributed by atoms with Gasteiger partial charge in [0.2, 0.25) is 10.0 Å². The summed E-state index contributed by atoms with van der Waals surface area (Å²) in [6.45, 7) is 0.578. The second kappa shape index (κ2) is 5.47. The second-order valence-corrected chi connectivity index (χ2v) is 5.63. The minimum atomic E-state index is -3.95. The molecule has 1 aromatic rings. The molecule has 0 aliphatic rings. The Kier molecular flexibility index (Phi) is 4.44. The average molecular weight is 272 g/mol. The molecule has 0 aliphatic carbocycles. The molecule has 0 heterocycles. The van der Waals surface area contributed by atoms with Gasteiger partial charge in [0.25, 0.3) is 0 Å². The Labute approximate surface area is 106 Å². The van der Waals surface area contributed by atoms with Crippen molar-refractivity contribution in [2.45, 2.75) is 11.4 Å². The van der Waals surface area contributed by atoms with E-state index in [0.29, 0.717) is 6.54 Å². The molecule has 0 radical (unpaired) electrons. The number of carbonyl (C=O) groups excluding carboxylic acids is 1. The summed E-state index contributed by atoms with van der Waals surface area (Å²) in [5, 5.41) is 5.06. The summed E-state index contributed by atoms with van der Waals surface area (Å²) in [4.78, 5) is 13.2. The van der Waals surface area contributed by atoms with Crippen LogP contribution in [0.3, 0.4) is 0 Å². The van der Waals surface area contributed by atoms with Crippen LogP contribution in [0.4, 0.5) is 0 Å². The fourth-order valence-corrected chi connectivity index (χ4v) is 2.26. The van der Waals surface area contributed by atoms with Gasteiger partial charge < -0.3 is 9.64 Å². The van der Waals surface area contributed by atoms with E-state index < -0.39 is 16.0 Å². The second-order valence-electron chi connectivity index (χ2n) is 4.10. The molecule has 18 heavy (non-hydrogen) atoms. The van der Waals surface area contributed by atoms with Gasteiger partial charge in [0.15, 0.2) is 0 Å². The minimum Gasteiger partial charge on any atom is -0.465 e. The van der Waals surface area contributed by atoms with Crippen molar-refractivity contribution in [3.63, 3.8) is 0 Å². The molecule has 0 spiro atoms. The standard InChI is InChI=1S/C11H16N2O4S/c1-13(2)7-8-4-5-10(18(12,15)16)9(6-8)11(14)17-3/h4-6H,7H2,1-3H3,(H2,12,15,16). The van der Waals surface area contributed by atoms with Crippen LogP contribution in [0.1, 0.15) is 15.9 Å². The summed E-state index contributed by atoms with van der Waals surface area (Å²) in [5.74, 6) is -0.723. The number of sulfonamides is 1. The lowest BCUT2D eigenvalue weighted by Gasteiger charge is -2.12. The van der Waals surface area contributed by atoms with Crippen LogP contribution in [0.2, 0.25) is 0 Å². The lowest BCUT2D eigenvalue weighted by Crippen LogP contribution is -2.18. The maximum atomic E-state index is 11.6. The molecule has 0 atom stereocenters. The van der Waals surface area contributed by atoms with E-state index >= 15 is 0 Å². The quantitative estimate of drug-likeness (QED) is 0.790. The molecular formula is C11H16N2O4S. The van der Waals surface area contributed by atoms with E-state index in [2.05, 4.69) is 4.74 Å². The van der Waals surface area contributed by atoms with Crippen molar-refractivity contribution in [3.8, 4) is 0 Å². The number of rotatable bonds is 4. The van der Waals surface area contributed by atoms with Gasteiger partial charge in [0.1, 0.15) is 0 Å². The van der Waals surface area contributed by atoms with Crippen molar-refractivity contribution in [1.82, 2.24) is 4.90 Å². The minimum absolute atomic E-state index is 0.0423. The summed E-state index contributed by atoms with van der Waals surface area (Å²) < 4.78 is 27.3. The molecule has 0 saturated carbocycles. The fraction of sp³-hybridized carbons (Fsp3) is 0.364. The number of esters is 1. The zero-order chi connectivity index (χ0) is 13.9. The van der Waals surface area contributed by atoms with E-state index in [1.165, 1.54) is 19.2 Å². The summed E-state index contributed by atoms with van der Waals surface area (Å²) >= 11 is 0. The number of ether oxygens (including phenoxy) is 1. The van der Waals surface area contributed by atoms with Crippen molar-refractivity contribution < 1.29 is 17.9 Å². The number of benzene rings is 1. The van der Waals surface area contributed by atoms with Gasteiger partial charge in [-0.3, -0.25) is 0 Å². The van der Waals surface area contributed by atoms with Crippen LogP contribution < -0.4 is 5.14 Å². The zero-order valence-corrected chi connectivity index (χ0v) is 11.3. The predicted octanol–water partition coefficient (Wildman–Crippen LogP) is 0.182. The molecule has 6 nitrogen and oxygen atoms in total. The largest absolute Gasteiger partial charge is 0.465 e. The Hall–Kier alpha value is -1.44. The van der Waals surface area contributed by atoms with Crippen LogP contribution in [0.25, 0.3) is 0 Å². The third kappa shape index (κ3) is 3.52. The highest BCUT2D eigenvalue weighted by Gasteiger charge is 2.20. The molecule has 0 aliphatic heterocycles. The molecule has 100 valence electrons. The molecule has 2 N–H and O–H groups in total. The lowest BCUT2D eigenvalue weighted by molar-refractivity contribution is 0.0596. The first-order chi connectivity index (χ1) is 8.25. The number of carbonyl (C=O) groups is 1. The van der Waals surface area contributed by atoms with E-state index in [0.717, 1.165) is 5.56 Å². The molecule has 1 aromatic carbocycles. The number of hydrogen-bond donors (Lipinski definition) is 1. The van der Waals surface area contributed by atoms with Crippen molar-refractivity contribution in [1.29, 1.82) is 0 Å². The Bertz CT molecular complexity index is 552. The van der Waals surface area contributed by atoms with Gasteiger partial charge in [-0.1, -0.05) is 6.07 Å². The molecule has 7 heteroatoms. The van der Waals surface area contributed by atoms with E-state index in [1.807, 2.05) is 19.0 Å². The van der Waals surface area contributed by atoms with Crippen molar-refractivity contribution >= 4 is 16.0 Å². The van der Waals surface area contributed by atoms with Crippen molar-refractivity contribution in [2.24, 2.45) is 5.14 Å². The zero-order valence-electron chi connectivity index (χ0n) is 10.5. The smallest absolute Gasteiger partial charge is 0.339 e. The number of nitrogens with two attached hydrogens (primary N) is 1. The Morgan fingerprint density at radius 1 is 1.39 bits per heavy atom. The summed E-state index contributed by atoms with van der Waals surface area (Å²) in [6, 6.07) is 4.41.